The van der Waals surface area contributed by atoms with Gasteiger partial charge in [-0.1, -0.05) is 168 Å². The average molecular weight is 811 g/mol. The molecule has 10 aromatic rings. The Bertz CT molecular complexity index is 3490. The Morgan fingerprint density at radius 1 is 0.429 bits per heavy atom. The predicted octanol–water partition coefficient (Wildman–Crippen LogP) is 16.2. The normalized spacial score (nSPS) is 14.3. The van der Waals surface area contributed by atoms with E-state index in [0.29, 0.717) is 0 Å². The Balaban J connectivity index is 0.000000151. The highest BCUT2D eigenvalue weighted by atomic mass is 15.0. The number of fused-ring (bicyclic) bond motifs is 12. The zero-order chi connectivity index (χ0) is 43.2. The second kappa shape index (κ2) is 14.3. The number of aromatic nitrogens is 2. The standard InChI is InChI=1S/C36H29N.C25H21N/c1-35(2)29-14-8-5-11-23(29)27-20-28-26-19-22(17-18-30(26)36(3,4)32(28)21-31(27)35)37-33-15-9-6-12-24(33)25-13-7-10-16-34(25)37;1-4-9-19(5-2)20-13-15-25-23(17-20)22-16-18(3)12-14-24(22)26(25)21-10-7-6-8-11-21/h5-21H,1-4H3;4-17H,1-2H2,3H3/b;19-9+. The number of para-hydroxylation sites is 3. The Morgan fingerprint density at radius 3 is 1.65 bits per heavy atom. The lowest BCUT2D eigenvalue weighted by atomic mass is 9.78. The maximum absolute atomic E-state index is 3.94. The van der Waals surface area contributed by atoms with Crippen LogP contribution in [0.3, 0.4) is 0 Å². The van der Waals surface area contributed by atoms with Gasteiger partial charge in [-0.3, -0.25) is 0 Å². The predicted molar refractivity (Wildman–Crippen MR) is 270 cm³/mol. The summed E-state index contributed by atoms with van der Waals surface area (Å²) in [5.41, 5.74) is 22.1. The highest BCUT2D eigenvalue weighted by Crippen LogP contribution is 2.56. The minimum absolute atomic E-state index is 0.0138. The van der Waals surface area contributed by atoms with Gasteiger partial charge in [0.15, 0.2) is 0 Å². The summed E-state index contributed by atoms with van der Waals surface area (Å²) in [5, 5.41) is 5.13. The molecule has 0 radical (unpaired) electrons. The van der Waals surface area contributed by atoms with Crippen LogP contribution in [-0.4, -0.2) is 9.13 Å². The zero-order valence-electron chi connectivity index (χ0n) is 36.7. The summed E-state index contributed by atoms with van der Waals surface area (Å²) < 4.78 is 4.76. The Morgan fingerprint density at radius 2 is 0.968 bits per heavy atom. The molecule has 2 heteroatoms. The van der Waals surface area contributed by atoms with E-state index in [1.807, 2.05) is 12.2 Å². The largest absolute Gasteiger partial charge is 0.309 e. The van der Waals surface area contributed by atoms with Crippen molar-refractivity contribution in [2.45, 2.75) is 45.4 Å². The number of rotatable bonds is 5. The first kappa shape index (κ1) is 38.5. The lowest BCUT2D eigenvalue weighted by Gasteiger charge is -2.25. The third-order valence-electron chi connectivity index (χ3n) is 14.0. The van der Waals surface area contributed by atoms with E-state index in [0.717, 1.165) is 11.1 Å². The fourth-order valence-electron chi connectivity index (χ4n) is 10.9. The first-order valence-electron chi connectivity index (χ1n) is 22.1. The zero-order valence-corrected chi connectivity index (χ0v) is 36.7. The van der Waals surface area contributed by atoms with Crippen LogP contribution in [0.25, 0.3) is 82.8 Å². The lowest BCUT2D eigenvalue weighted by Crippen LogP contribution is -2.18. The van der Waals surface area contributed by atoms with Gasteiger partial charge in [0.1, 0.15) is 0 Å². The molecule has 0 fully saturated rings. The van der Waals surface area contributed by atoms with Crippen LogP contribution in [0.4, 0.5) is 0 Å². The molecule has 304 valence electrons. The molecule has 2 aliphatic carbocycles. The third-order valence-corrected chi connectivity index (χ3v) is 14.0. The summed E-state index contributed by atoms with van der Waals surface area (Å²) in [6, 6.07) is 62.4. The molecule has 0 saturated heterocycles. The molecule has 0 atom stereocenters. The van der Waals surface area contributed by atoms with E-state index in [4.69, 9.17) is 0 Å². The summed E-state index contributed by atoms with van der Waals surface area (Å²) in [7, 11) is 0. The van der Waals surface area contributed by atoms with Crippen LogP contribution in [0.5, 0.6) is 0 Å². The molecule has 0 unspecified atom stereocenters. The van der Waals surface area contributed by atoms with Gasteiger partial charge >= 0.3 is 0 Å². The molecule has 2 aromatic heterocycles. The van der Waals surface area contributed by atoms with Gasteiger partial charge in [0.2, 0.25) is 0 Å². The number of nitrogens with zero attached hydrogens (tertiary/aromatic N) is 2. The second-order valence-electron chi connectivity index (χ2n) is 18.3. The molecule has 0 saturated carbocycles. The van der Waals surface area contributed by atoms with Crippen LogP contribution in [0.15, 0.2) is 201 Å². The van der Waals surface area contributed by atoms with Crippen LogP contribution < -0.4 is 0 Å². The molecular formula is C61H50N2. The maximum Gasteiger partial charge on any atom is 0.0541 e. The molecule has 0 bridgehead atoms. The average Bonchev–Trinajstić information content (AvgIpc) is 3.96. The first-order valence-corrected chi connectivity index (χ1v) is 22.1. The summed E-state index contributed by atoms with van der Waals surface area (Å²) in [4.78, 5) is 0. The van der Waals surface area contributed by atoms with E-state index in [1.54, 1.807) is 6.08 Å². The Kier molecular flexibility index (Phi) is 8.75. The topological polar surface area (TPSA) is 9.86 Å². The van der Waals surface area contributed by atoms with E-state index >= 15 is 0 Å². The van der Waals surface area contributed by atoms with Gasteiger partial charge in [-0.2, -0.15) is 0 Å². The van der Waals surface area contributed by atoms with Crippen molar-refractivity contribution in [2.24, 2.45) is 0 Å². The molecule has 0 amide bonds. The number of benzene rings is 8. The molecule has 0 spiro atoms. The Labute approximate surface area is 370 Å². The van der Waals surface area contributed by atoms with Gasteiger partial charge in [0, 0.05) is 43.7 Å². The van der Waals surface area contributed by atoms with E-state index in [2.05, 4.69) is 227 Å². The first-order chi connectivity index (χ1) is 30.6. The van der Waals surface area contributed by atoms with E-state index in [-0.39, 0.29) is 10.8 Å². The minimum atomic E-state index is -0.0378. The van der Waals surface area contributed by atoms with Gasteiger partial charge in [-0.15, -0.1) is 0 Å². The van der Waals surface area contributed by atoms with Gasteiger partial charge in [-0.25, -0.2) is 0 Å². The van der Waals surface area contributed by atoms with Crippen molar-refractivity contribution in [2.75, 3.05) is 0 Å². The van der Waals surface area contributed by atoms with Crippen LogP contribution in [0.2, 0.25) is 0 Å². The molecule has 0 aliphatic heterocycles. The summed E-state index contributed by atoms with van der Waals surface area (Å²) in [5.74, 6) is 0. The van der Waals surface area contributed by atoms with Crippen LogP contribution in [0, 0.1) is 6.92 Å². The van der Waals surface area contributed by atoms with E-state index in [9.17, 15) is 0 Å². The fourth-order valence-corrected chi connectivity index (χ4v) is 10.9. The molecule has 2 nitrogen and oxygen atoms in total. The quantitative estimate of drug-likeness (QED) is 0.153. The molecule has 12 rings (SSSR count). The molecular weight excluding hydrogens is 761 g/mol. The highest BCUT2D eigenvalue weighted by molar-refractivity contribution is 6.11. The number of allylic oxidation sites excluding steroid dienone is 4. The van der Waals surface area contributed by atoms with E-state index in [1.165, 1.54) is 105 Å². The van der Waals surface area contributed by atoms with Crippen LogP contribution >= 0.6 is 0 Å². The van der Waals surface area contributed by atoms with Crippen LogP contribution in [-0.2, 0) is 10.8 Å². The third kappa shape index (κ3) is 5.78. The lowest BCUT2D eigenvalue weighted by molar-refractivity contribution is 0.639. The van der Waals surface area contributed by atoms with Crippen molar-refractivity contribution in [3.63, 3.8) is 0 Å². The number of aryl methyl sites for hydroxylation is 1. The van der Waals surface area contributed by atoms with Gasteiger partial charge in [0.25, 0.3) is 0 Å². The molecule has 0 N–H and O–H groups in total. The summed E-state index contributed by atoms with van der Waals surface area (Å²) in [6.07, 6.45) is 5.68. The SMILES string of the molecule is C=C/C=C(\C=C)c1ccc2c(c1)c1cc(C)ccc1n2-c1ccccc1.CC1(C)c2ccccc2-c2cc3c(cc21)C(C)(C)c1ccc(-n2c4ccccc4c4ccccc42)cc1-3. The van der Waals surface area contributed by atoms with E-state index < -0.39 is 0 Å². The minimum Gasteiger partial charge on any atom is -0.309 e. The number of hydrogen-bond donors (Lipinski definition) is 0. The van der Waals surface area contributed by atoms with Gasteiger partial charge in [-0.05, 0) is 129 Å². The summed E-state index contributed by atoms with van der Waals surface area (Å²) >= 11 is 0. The second-order valence-corrected chi connectivity index (χ2v) is 18.3. The Hall–Kier alpha value is -7.42. The number of hydrogen-bond acceptors (Lipinski definition) is 0. The van der Waals surface area contributed by atoms with Crippen molar-refractivity contribution in [3.8, 4) is 33.6 Å². The van der Waals surface area contributed by atoms with Crippen molar-refractivity contribution >= 4 is 49.2 Å². The molecule has 63 heavy (non-hydrogen) atoms. The van der Waals surface area contributed by atoms with Gasteiger partial charge < -0.3 is 9.13 Å². The maximum atomic E-state index is 3.94. The smallest absolute Gasteiger partial charge is 0.0541 e. The van der Waals surface area contributed by atoms with Crippen molar-refractivity contribution in [1.82, 2.24) is 9.13 Å². The van der Waals surface area contributed by atoms with Crippen molar-refractivity contribution in [1.29, 1.82) is 0 Å². The van der Waals surface area contributed by atoms with Crippen LogP contribution in [0.1, 0.15) is 61.1 Å². The molecule has 8 aromatic carbocycles. The van der Waals surface area contributed by atoms with Crippen molar-refractivity contribution < 1.29 is 0 Å². The van der Waals surface area contributed by atoms with Crippen molar-refractivity contribution in [3.05, 3.63) is 235 Å². The van der Waals surface area contributed by atoms with Gasteiger partial charge in [0.05, 0.1) is 22.1 Å². The summed E-state index contributed by atoms with van der Waals surface area (Å²) in [6.45, 7) is 19.4. The monoisotopic (exact) mass is 810 g/mol. The highest BCUT2D eigenvalue weighted by Gasteiger charge is 2.41. The molecule has 2 aliphatic rings. The molecule has 2 heterocycles. The fraction of sp³-hybridized carbons (Fsp3) is 0.115.